The number of nitrogens with zero attached hydrogens (tertiary/aromatic N) is 3. The van der Waals surface area contributed by atoms with E-state index in [2.05, 4.69) is 31.6 Å². The molecule has 0 bridgehead atoms. The maximum absolute atomic E-state index is 12.1. The third kappa shape index (κ3) is 5.05. The number of aromatic nitrogens is 3. The molecule has 1 aromatic carbocycles. The summed E-state index contributed by atoms with van der Waals surface area (Å²) in [4.78, 5) is 22.7. The van der Waals surface area contributed by atoms with Gasteiger partial charge < -0.3 is 15.2 Å². The van der Waals surface area contributed by atoms with Crippen LogP contribution < -0.4 is 10.1 Å². The second-order valence-electron chi connectivity index (χ2n) is 5.21. The van der Waals surface area contributed by atoms with Crippen LogP contribution in [-0.2, 0) is 22.7 Å². The molecular formula is C15H17BrN4O4. The van der Waals surface area contributed by atoms with Crippen LogP contribution in [0.3, 0.4) is 0 Å². The highest BCUT2D eigenvalue weighted by molar-refractivity contribution is 9.10. The minimum absolute atomic E-state index is 0.140. The number of benzene rings is 1. The van der Waals surface area contributed by atoms with E-state index in [1.54, 1.807) is 13.0 Å². The van der Waals surface area contributed by atoms with E-state index in [0.717, 1.165) is 10.0 Å². The molecule has 0 saturated carbocycles. The summed E-state index contributed by atoms with van der Waals surface area (Å²) in [7, 11) is 0. The van der Waals surface area contributed by atoms with E-state index in [4.69, 9.17) is 9.84 Å². The molecule has 0 fully saturated rings. The van der Waals surface area contributed by atoms with Gasteiger partial charge in [0, 0.05) is 0 Å². The Kier molecular flexibility index (Phi) is 5.91. The highest BCUT2D eigenvalue weighted by Gasteiger charge is 2.16. The SMILES string of the molecule is Cc1ccc(OC(C)C(=O)NCc2cn(CC(=O)O)nn2)c(Br)c1. The molecule has 1 heterocycles. The number of aliphatic carboxylic acids is 1. The zero-order valence-corrected chi connectivity index (χ0v) is 14.8. The number of hydrogen-bond acceptors (Lipinski definition) is 5. The maximum atomic E-state index is 12.1. The average molecular weight is 397 g/mol. The third-order valence-electron chi connectivity index (χ3n) is 3.09. The first-order valence-electron chi connectivity index (χ1n) is 7.16. The van der Waals surface area contributed by atoms with Crippen molar-refractivity contribution in [2.75, 3.05) is 0 Å². The fraction of sp³-hybridized carbons (Fsp3) is 0.333. The summed E-state index contributed by atoms with van der Waals surface area (Å²) in [5, 5.41) is 18.8. The Labute approximate surface area is 146 Å². The van der Waals surface area contributed by atoms with Gasteiger partial charge in [-0.2, -0.15) is 0 Å². The van der Waals surface area contributed by atoms with E-state index in [1.807, 2.05) is 19.1 Å². The first kappa shape index (κ1) is 17.9. The standard InChI is InChI=1S/C15H17BrN4O4/c1-9-3-4-13(12(16)5-9)24-10(2)15(23)17-6-11-7-20(19-18-11)8-14(21)22/h3-5,7,10H,6,8H2,1-2H3,(H,17,23)(H,21,22). The smallest absolute Gasteiger partial charge is 0.325 e. The summed E-state index contributed by atoms with van der Waals surface area (Å²) < 4.78 is 7.59. The number of carbonyl (C=O) groups is 2. The molecule has 0 saturated heterocycles. The van der Waals surface area contributed by atoms with E-state index in [-0.39, 0.29) is 19.0 Å². The lowest BCUT2D eigenvalue weighted by atomic mass is 10.2. The molecule has 1 amide bonds. The zero-order chi connectivity index (χ0) is 17.7. The van der Waals surface area contributed by atoms with Gasteiger partial charge >= 0.3 is 5.97 Å². The van der Waals surface area contributed by atoms with Gasteiger partial charge in [0.15, 0.2) is 6.10 Å². The molecule has 0 aliphatic heterocycles. The molecule has 0 spiro atoms. The Morgan fingerprint density at radius 3 is 2.88 bits per heavy atom. The van der Waals surface area contributed by atoms with Gasteiger partial charge in [-0.05, 0) is 47.5 Å². The molecule has 24 heavy (non-hydrogen) atoms. The van der Waals surface area contributed by atoms with Crippen LogP contribution in [-0.4, -0.2) is 38.1 Å². The van der Waals surface area contributed by atoms with Crippen LogP contribution in [0.2, 0.25) is 0 Å². The van der Waals surface area contributed by atoms with E-state index < -0.39 is 12.1 Å². The van der Waals surface area contributed by atoms with Crippen molar-refractivity contribution in [1.29, 1.82) is 0 Å². The van der Waals surface area contributed by atoms with Crippen LogP contribution >= 0.6 is 15.9 Å². The van der Waals surface area contributed by atoms with Crippen molar-refractivity contribution in [3.63, 3.8) is 0 Å². The monoisotopic (exact) mass is 396 g/mol. The van der Waals surface area contributed by atoms with Gasteiger partial charge in [0.25, 0.3) is 5.91 Å². The summed E-state index contributed by atoms with van der Waals surface area (Å²) in [6.45, 7) is 3.47. The van der Waals surface area contributed by atoms with Gasteiger partial charge in [0.05, 0.1) is 17.2 Å². The Balaban J connectivity index is 1.87. The summed E-state index contributed by atoms with van der Waals surface area (Å²) in [6.07, 6.45) is 0.773. The van der Waals surface area contributed by atoms with Crippen molar-refractivity contribution < 1.29 is 19.4 Å². The van der Waals surface area contributed by atoms with Crippen LogP contribution in [0, 0.1) is 6.92 Å². The first-order valence-corrected chi connectivity index (χ1v) is 7.96. The van der Waals surface area contributed by atoms with Gasteiger partial charge in [0.1, 0.15) is 18.0 Å². The Morgan fingerprint density at radius 1 is 1.46 bits per heavy atom. The lowest BCUT2D eigenvalue weighted by Crippen LogP contribution is -2.36. The molecule has 128 valence electrons. The van der Waals surface area contributed by atoms with Crippen LogP contribution in [0.15, 0.2) is 28.9 Å². The molecular weight excluding hydrogens is 380 g/mol. The summed E-state index contributed by atoms with van der Waals surface area (Å²) in [5.41, 5.74) is 1.55. The molecule has 0 radical (unpaired) electrons. The fourth-order valence-electron chi connectivity index (χ4n) is 1.90. The number of hydrogen-bond donors (Lipinski definition) is 2. The van der Waals surface area contributed by atoms with E-state index in [1.165, 1.54) is 10.9 Å². The highest BCUT2D eigenvalue weighted by Crippen LogP contribution is 2.26. The zero-order valence-electron chi connectivity index (χ0n) is 13.2. The molecule has 9 heteroatoms. The molecule has 2 aromatic rings. The molecule has 1 atom stereocenters. The van der Waals surface area contributed by atoms with Crippen LogP contribution in [0.5, 0.6) is 5.75 Å². The van der Waals surface area contributed by atoms with Crippen molar-refractivity contribution in [3.8, 4) is 5.75 Å². The number of rotatable bonds is 7. The van der Waals surface area contributed by atoms with E-state index in [0.29, 0.717) is 11.4 Å². The quantitative estimate of drug-likeness (QED) is 0.734. The number of ether oxygens (including phenoxy) is 1. The predicted octanol–water partition coefficient (Wildman–Crippen LogP) is 1.52. The second kappa shape index (κ2) is 7.91. The normalized spacial score (nSPS) is 11.8. The number of nitrogens with one attached hydrogen (secondary N) is 1. The maximum Gasteiger partial charge on any atom is 0.325 e. The van der Waals surface area contributed by atoms with Crippen molar-refractivity contribution in [2.24, 2.45) is 0 Å². The predicted molar refractivity (Wildman–Crippen MR) is 88.5 cm³/mol. The van der Waals surface area contributed by atoms with Gasteiger partial charge in [-0.3, -0.25) is 9.59 Å². The fourth-order valence-corrected chi connectivity index (χ4v) is 2.49. The molecule has 0 aliphatic carbocycles. The van der Waals surface area contributed by atoms with Crippen LogP contribution in [0.25, 0.3) is 0 Å². The lowest BCUT2D eigenvalue weighted by Gasteiger charge is -2.15. The van der Waals surface area contributed by atoms with Crippen molar-refractivity contribution in [3.05, 3.63) is 40.1 Å². The summed E-state index contributed by atoms with van der Waals surface area (Å²) in [5.74, 6) is -0.743. The van der Waals surface area contributed by atoms with Gasteiger partial charge in [-0.15, -0.1) is 5.10 Å². The summed E-state index contributed by atoms with van der Waals surface area (Å²) >= 11 is 3.40. The first-order chi connectivity index (χ1) is 11.3. The number of amides is 1. The number of aryl methyl sites for hydroxylation is 1. The Bertz CT molecular complexity index is 747. The number of halogens is 1. The van der Waals surface area contributed by atoms with Crippen LogP contribution in [0.4, 0.5) is 0 Å². The second-order valence-corrected chi connectivity index (χ2v) is 6.07. The number of carbonyl (C=O) groups excluding carboxylic acids is 1. The lowest BCUT2D eigenvalue weighted by molar-refractivity contribution is -0.138. The third-order valence-corrected chi connectivity index (χ3v) is 3.71. The van der Waals surface area contributed by atoms with Crippen molar-refractivity contribution >= 4 is 27.8 Å². The molecule has 1 unspecified atom stereocenters. The van der Waals surface area contributed by atoms with Crippen molar-refractivity contribution in [1.82, 2.24) is 20.3 Å². The highest BCUT2D eigenvalue weighted by atomic mass is 79.9. The van der Waals surface area contributed by atoms with E-state index in [9.17, 15) is 9.59 Å². The molecule has 0 aliphatic rings. The van der Waals surface area contributed by atoms with E-state index >= 15 is 0 Å². The van der Waals surface area contributed by atoms with Crippen molar-refractivity contribution in [2.45, 2.75) is 33.0 Å². The van der Waals surface area contributed by atoms with Gasteiger partial charge in [-0.25, -0.2) is 4.68 Å². The summed E-state index contributed by atoms with van der Waals surface area (Å²) in [6, 6.07) is 5.59. The number of carboxylic acids is 1. The largest absolute Gasteiger partial charge is 0.480 e. The Morgan fingerprint density at radius 2 is 2.21 bits per heavy atom. The molecule has 8 nitrogen and oxygen atoms in total. The van der Waals surface area contributed by atoms with Gasteiger partial charge in [-0.1, -0.05) is 11.3 Å². The molecule has 1 aromatic heterocycles. The van der Waals surface area contributed by atoms with Gasteiger partial charge in [0.2, 0.25) is 0 Å². The minimum Gasteiger partial charge on any atom is -0.480 e. The number of carboxylic acid groups (broad SMARTS) is 1. The molecule has 2 rings (SSSR count). The van der Waals surface area contributed by atoms with Crippen LogP contribution in [0.1, 0.15) is 18.2 Å². The topological polar surface area (TPSA) is 106 Å². The average Bonchev–Trinajstić information content (AvgIpc) is 2.94. The Hall–Kier alpha value is -2.42. The molecule has 2 N–H and O–H groups in total. The minimum atomic E-state index is -1.01.